The van der Waals surface area contributed by atoms with Crippen molar-refractivity contribution in [3.63, 3.8) is 0 Å². The zero-order chi connectivity index (χ0) is 68.5. The van der Waals surface area contributed by atoms with Crippen LogP contribution in [0.1, 0.15) is 335 Å². The van der Waals surface area contributed by atoms with Gasteiger partial charge in [0.25, 0.3) is 0 Å². The smallest absolute Gasteiger partial charge is 0.220 e. The fraction of sp³-hybridized carbons (Fsp3) is 0.709. The van der Waals surface area contributed by atoms with Gasteiger partial charge >= 0.3 is 0 Å². The highest BCUT2D eigenvalue weighted by Gasteiger charge is 2.44. The second-order valence-electron chi connectivity index (χ2n) is 26.8. The normalized spacial score (nSPS) is 18.3. The van der Waals surface area contributed by atoms with Gasteiger partial charge in [0, 0.05) is 6.42 Å². The summed E-state index contributed by atoms with van der Waals surface area (Å²) in [5.74, 6) is -0.198. The van der Waals surface area contributed by atoms with Gasteiger partial charge in [-0.25, -0.2) is 0 Å². The van der Waals surface area contributed by atoms with Crippen molar-refractivity contribution in [2.24, 2.45) is 0 Å². The number of aliphatic hydroxyl groups is 5. The van der Waals surface area contributed by atoms with Crippen LogP contribution < -0.4 is 5.32 Å². The highest BCUT2D eigenvalue weighted by atomic mass is 16.7. The molecular formula is C86H147NO8. The van der Waals surface area contributed by atoms with Gasteiger partial charge in [0.05, 0.1) is 25.4 Å². The molecule has 1 rings (SSSR count). The number of hydrogen-bond donors (Lipinski definition) is 6. The number of carbonyl (C=O) groups is 1. The standard InChI is InChI=1S/C86H147NO8/c1-3-5-7-9-11-13-15-17-19-21-23-25-27-29-31-33-35-37-38-39-40-41-42-44-46-48-50-52-54-56-58-60-62-64-66-68-70-72-74-76-82(90)87-79(78-94-86-85(93)84(92)83(91)81(77-88)95-86)80(89)75-73-71-69-67-65-63-61-59-57-55-53-51-49-47-45-43-36-34-32-30-28-26-24-22-20-18-16-14-12-10-8-6-4-2/h5,7,11,13,17,19,23,25,29,31,35,37,39-40,42,44,48,50,54,56,65,67,73,75,79-81,83-86,88-89,91-93H,3-4,6,8-10,12,14-16,18,20-22,24,26-28,30,32-34,36,38,41,43,45-47,49,51-53,55,57-64,66,68-72,74,76-78H2,1-2H3,(H,87,90)/b7-5-,13-11-,19-17-,25-23-,31-29-,37-35-,40-39-,44-42-,50-48-,56-54-,67-65+,75-73+. The first kappa shape index (κ1) is 89.1. The Balaban J connectivity index is 2.15. The molecular weight excluding hydrogens is 1170 g/mol. The van der Waals surface area contributed by atoms with E-state index >= 15 is 0 Å². The number of allylic oxidation sites excluding steroid dienone is 23. The number of aliphatic hydroxyl groups excluding tert-OH is 5. The van der Waals surface area contributed by atoms with Crippen molar-refractivity contribution in [3.8, 4) is 0 Å². The summed E-state index contributed by atoms with van der Waals surface area (Å²) in [5, 5.41) is 54.9. The number of carbonyl (C=O) groups excluding carboxylic acids is 1. The number of rotatable bonds is 68. The minimum Gasteiger partial charge on any atom is -0.394 e. The van der Waals surface area contributed by atoms with Gasteiger partial charge in [0.1, 0.15) is 24.4 Å². The largest absolute Gasteiger partial charge is 0.394 e. The molecule has 1 amide bonds. The Bertz CT molecular complexity index is 2020. The first-order valence-corrected chi connectivity index (χ1v) is 39.6. The van der Waals surface area contributed by atoms with E-state index in [0.717, 1.165) is 116 Å². The van der Waals surface area contributed by atoms with Crippen molar-refractivity contribution in [1.82, 2.24) is 5.32 Å². The van der Waals surface area contributed by atoms with E-state index in [9.17, 15) is 30.3 Å². The van der Waals surface area contributed by atoms with Crippen molar-refractivity contribution in [2.75, 3.05) is 13.2 Å². The molecule has 544 valence electrons. The van der Waals surface area contributed by atoms with Crippen molar-refractivity contribution in [2.45, 2.75) is 378 Å². The molecule has 0 aromatic carbocycles. The number of unbranched alkanes of at least 4 members (excludes halogenated alkanes) is 36. The maximum atomic E-state index is 13.2. The van der Waals surface area contributed by atoms with Gasteiger partial charge in [0.15, 0.2) is 6.29 Å². The SMILES string of the molecule is CC/C=C\C/C=C\C/C=C\C/C=C\C/C=C\C/C=C\C/C=C\C/C=C\C/C=C\C/C=C\CCCCCCCCCCC(=O)NC(COC1OC(CO)C(O)C(O)C1O)C(O)/C=C/CC/C=C/CCCCCCCCCCCCCCCCCCCCCCCCCCCCC. The van der Waals surface area contributed by atoms with Gasteiger partial charge < -0.3 is 40.3 Å². The van der Waals surface area contributed by atoms with E-state index in [4.69, 9.17) is 9.47 Å². The predicted octanol–water partition coefficient (Wildman–Crippen LogP) is 22.9. The molecule has 0 saturated carbocycles. The summed E-state index contributed by atoms with van der Waals surface area (Å²) in [6.07, 6.45) is 106. The molecule has 0 aliphatic carbocycles. The lowest BCUT2D eigenvalue weighted by molar-refractivity contribution is -0.302. The Labute approximate surface area is 584 Å². The minimum absolute atomic E-state index is 0.198. The molecule has 1 heterocycles. The molecule has 7 atom stereocenters. The van der Waals surface area contributed by atoms with E-state index in [0.29, 0.717) is 6.42 Å². The lowest BCUT2D eigenvalue weighted by atomic mass is 9.99. The third-order valence-corrected chi connectivity index (χ3v) is 17.9. The van der Waals surface area contributed by atoms with E-state index in [1.807, 2.05) is 6.08 Å². The van der Waals surface area contributed by atoms with Crippen LogP contribution in [0.25, 0.3) is 0 Å². The lowest BCUT2D eigenvalue weighted by Gasteiger charge is -2.40. The second-order valence-corrected chi connectivity index (χ2v) is 26.8. The van der Waals surface area contributed by atoms with Gasteiger partial charge in [-0.1, -0.05) is 365 Å². The molecule has 0 bridgehead atoms. The second kappa shape index (κ2) is 72.8. The molecule has 1 aliphatic heterocycles. The van der Waals surface area contributed by atoms with Crippen LogP contribution in [0.2, 0.25) is 0 Å². The molecule has 7 unspecified atom stereocenters. The molecule has 0 aromatic heterocycles. The number of amides is 1. The number of ether oxygens (including phenoxy) is 2. The highest BCUT2D eigenvalue weighted by Crippen LogP contribution is 2.23. The molecule has 9 nitrogen and oxygen atoms in total. The molecule has 0 spiro atoms. The van der Waals surface area contributed by atoms with Crippen LogP contribution in [0, 0.1) is 0 Å². The molecule has 6 N–H and O–H groups in total. The quantitative estimate of drug-likeness (QED) is 0.0261. The number of hydrogen-bond acceptors (Lipinski definition) is 8. The lowest BCUT2D eigenvalue weighted by Crippen LogP contribution is -2.60. The zero-order valence-corrected chi connectivity index (χ0v) is 61.1. The van der Waals surface area contributed by atoms with Gasteiger partial charge in [-0.2, -0.15) is 0 Å². The fourth-order valence-electron chi connectivity index (χ4n) is 11.8. The summed E-state index contributed by atoms with van der Waals surface area (Å²) >= 11 is 0. The summed E-state index contributed by atoms with van der Waals surface area (Å²) < 4.78 is 11.3. The molecule has 1 fully saturated rings. The van der Waals surface area contributed by atoms with Crippen molar-refractivity contribution < 1.29 is 39.8 Å². The summed E-state index contributed by atoms with van der Waals surface area (Å²) in [7, 11) is 0. The zero-order valence-electron chi connectivity index (χ0n) is 61.1. The van der Waals surface area contributed by atoms with Crippen molar-refractivity contribution in [3.05, 3.63) is 146 Å². The highest BCUT2D eigenvalue weighted by molar-refractivity contribution is 5.76. The van der Waals surface area contributed by atoms with E-state index in [1.54, 1.807) is 6.08 Å². The topological polar surface area (TPSA) is 149 Å². The molecule has 1 aliphatic rings. The Morgan fingerprint density at radius 2 is 0.663 bits per heavy atom. The van der Waals surface area contributed by atoms with Crippen molar-refractivity contribution in [1.29, 1.82) is 0 Å². The number of nitrogens with one attached hydrogen (secondary N) is 1. The van der Waals surface area contributed by atoms with E-state index < -0.39 is 49.5 Å². The summed E-state index contributed by atoms with van der Waals surface area (Å²) in [5.41, 5.74) is 0. The Kier molecular flexibility index (Phi) is 68.3. The van der Waals surface area contributed by atoms with E-state index in [-0.39, 0.29) is 12.5 Å². The third-order valence-electron chi connectivity index (χ3n) is 17.9. The molecule has 9 heteroatoms. The first-order chi connectivity index (χ1) is 46.8. The Morgan fingerprint density at radius 3 is 1.01 bits per heavy atom. The third kappa shape index (κ3) is 60.9. The Morgan fingerprint density at radius 1 is 0.368 bits per heavy atom. The maximum absolute atomic E-state index is 13.2. The van der Waals surface area contributed by atoms with Crippen LogP contribution in [-0.4, -0.2) is 87.5 Å². The predicted molar refractivity (Wildman–Crippen MR) is 410 cm³/mol. The molecule has 0 aromatic rings. The first-order valence-electron chi connectivity index (χ1n) is 39.6. The summed E-state index contributed by atoms with van der Waals surface area (Å²) in [6, 6.07) is -0.839. The van der Waals surface area contributed by atoms with Gasteiger partial charge in [-0.3, -0.25) is 4.79 Å². The van der Waals surface area contributed by atoms with Crippen molar-refractivity contribution >= 4 is 5.91 Å². The summed E-state index contributed by atoms with van der Waals surface area (Å²) in [4.78, 5) is 13.2. The molecule has 95 heavy (non-hydrogen) atoms. The monoisotopic (exact) mass is 1320 g/mol. The molecule has 1 saturated heterocycles. The summed E-state index contributed by atoms with van der Waals surface area (Å²) in [6.45, 7) is 3.67. The van der Waals surface area contributed by atoms with Crippen LogP contribution >= 0.6 is 0 Å². The average molecular weight is 1320 g/mol. The van der Waals surface area contributed by atoms with Crippen LogP contribution in [-0.2, 0) is 14.3 Å². The molecule has 0 radical (unpaired) electrons. The van der Waals surface area contributed by atoms with Crippen LogP contribution in [0.15, 0.2) is 146 Å². The van der Waals surface area contributed by atoms with E-state index in [2.05, 4.69) is 153 Å². The maximum Gasteiger partial charge on any atom is 0.220 e. The minimum atomic E-state index is -1.58. The fourth-order valence-corrected chi connectivity index (χ4v) is 11.8. The average Bonchev–Trinajstić information content (AvgIpc) is 0.836. The van der Waals surface area contributed by atoms with Gasteiger partial charge in [-0.05, 0) is 109 Å². The van der Waals surface area contributed by atoms with Crippen LogP contribution in [0.3, 0.4) is 0 Å². The van der Waals surface area contributed by atoms with Gasteiger partial charge in [0.2, 0.25) is 5.91 Å². The Hall–Kier alpha value is -3.93. The van der Waals surface area contributed by atoms with Crippen LogP contribution in [0.4, 0.5) is 0 Å². The van der Waals surface area contributed by atoms with E-state index in [1.165, 1.54) is 199 Å². The van der Waals surface area contributed by atoms with Crippen LogP contribution in [0.5, 0.6) is 0 Å². The van der Waals surface area contributed by atoms with Gasteiger partial charge in [-0.15, -0.1) is 0 Å².